The van der Waals surface area contributed by atoms with E-state index >= 15 is 0 Å². The average Bonchev–Trinajstić information content (AvgIpc) is 3.22. The van der Waals surface area contributed by atoms with Gasteiger partial charge in [-0.1, -0.05) is 0 Å². The number of hydrogen-bond donors (Lipinski definition) is 0. The van der Waals surface area contributed by atoms with Gasteiger partial charge in [-0.05, 0) is 0 Å². The number of hydrogen-bond acceptors (Lipinski definition) is 2. The predicted octanol–water partition coefficient (Wildman–Crippen LogP) is 4.76. The third kappa shape index (κ3) is 4.82. The molecule has 4 rings (SSSR count). The van der Waals surface area contributed by atoms with Crippen molar-refractivity contribution in [2.45, 2.75) is 19.9 Å². The molecule has 32 heavy (non-hydrogen) atoms. The van der Waals surface area contributed by atoms with E-state index in [0.717, 1.165) is 35.6 Å². The Morgan fingerprint density at radius 2 is 1.88 bits per heavy atom. The average molecular weight is 516 g/mol. The summed E-state index contributed by atoms with van der Waals surface area (Å²) >= 11 is 6.68. The van der Waals surface area contributed by atoms with Crippen LogP contribution in [0, 0.1) is 0 Å². The Kier molecular flexibility index (Phi) is 6.83. The molecule has 0 aliphatic carbocycles. The number of fused-ring (bicyclic) bond motifs is 2. The van der Waals surface area contributed by atoms with Crippen LogP contribution >= 0.6 is 11.6 Å². The first-order chi connectivity index (χ1) is 15.3. The van der Waals surface area contributed by atoms with Crippen molar-refractivity contribution in [2.24, 2.45) is 0 Å². The number of rotatable bonds is 7. The molecule has 0 saturated carbocycles. The van der Waals surface area contributed by atoms with Crippen molar-refractivity contribution in [2.75, 3.05) is 51.1 Å². The molecule has 1 aliphatic rings. The van der Waals surface area contributed by atoms with E-state index < -0.39 is 0 Å². The van der Waals surface area contributed by atoms with Gasteiger partial charge >= 0.3 is 203 Å². The van der Waals surface area contributed by atoms with Gasteiger partial charge in [0, 0.05) is 0 Å². The summed E-state index contributed by atoms with van der Waals surface area (Å²) in [6.45, 7) is 5.35. The molecule has 168 valence electrons. The van der Waals surface area contributed by atoms with Gasteiger partial charge in [0.25, 0.3) is 0 Å². The molecule has 1 aliphatic heterocycles. The van der Waals surface area contributed by atoms with E-state index in [1.807, 2.05) is 6.07 Å². The first-order valence-electron chi connectivity index (χ1n) is 11.2. The molecule has 3 aromatic rings. The zero-order valence-electron chi connectivity index (χ0n) is 19.7. The fourth-order valence-electron chi connectivity index (χ4n) is 4.28. The summed E-state index contributed by atoms with van der Waals surface area (Å²) in [5.74, 6) is 1.20. The van der Waals surface area contributed by atoms with Gasteiger partial charge in [0.1, 0.15) is 0 Å². The van der Waals surface area contributed by atoms with Gasteiger partial charge in [-0.15, -0.1) is 0 Å². The third-order valence-electron chi connectivity index (χ3n) is 5.86. The standard InChI is InChI=1S/C26H33ClN4Se/c1-6-29-22-11-7-8-12-24(22)32-26(29)14-9-13-25-28(2)23-19-20(27)15-16-21(23)30(25)17-10-18-31(3,4)5/h7-9,11-16,19H,6,10,17-18H2,1-5H3/q+2. The number of nitrogens with zero attached hydrogens (tertiary/aromatic N) is 4. The molecule has 0 fully saturated rings. The molecule has 0 atom stereocenters. The van der Waals surface area contributed by atoms with E-state index in [1.165, 1.54) is 31.5 Å². The molecular formula is C26H33ClN4Se+2. The number of halogens is 1. The van der Waals surface area contributed by atoms with Crippen molar-refractivity contribution in [3.8, 4) is 0 Å². The van der Waals surface area contributed by atoms with Crippen molar-refractivity contribution in [3.05, 3.63) is 70.0 Å². The van der Waals surface area contributed by atoms with Crippen LogP contribution in [0.1, 0.15) is 17.9 Å². The molecule has 2 heterocycles. The monoisotopic (exact) mass is 516 g/mol. The molecule has 0 spiro atoms. The Balaban J connectivity index is 1.64. The van der Waals surface area contributed by atoms with Crippen molar-refractivity contribution in [3.63, 3.8) is 0 Å². The van der Waals surface area contributed by atoms with Crippen LogP contribution in [0.5, 0.6) is 0 Å². The molecule has 0 unspecified atom stereocenters. The molecule has 6 heteroatoms. The fraction of sp³-hybridized carbons (Fsp3) is 0.346. The second-order valence-electron chi connectivity index (χ2n) is 9.25. The van der Waals surface area contributed by atoms with Crippen LogP contribution in [0.25, 0.3) is 15.9 Å². The van der Waals surface area contributed by atoms with Gasteiger partial charge in [0.15, 0.2) is 0 Å². The quantitative estimate of drug-likeness (QED) is 0.255. The third-order valence-corrected chi connectivity index (χ3v) is 8.46. The minimum absolute atomic E-state index is 0.351. The van der Waals surface area contributed by atoms with Crippen LogP contribution in [-0.4, -0.2) is 60.3 Å². The Hall–Kier alpha value is -2.04. The maximum atomic E-state index is 6.33. The Morgan fingerprint density at radius 1 is 1.09 bits per heavy atom. The molecule has 0 radical (unpaired) electrons. The molecular weight excluding hydrogens is 483 g/mol. The number of anilines is 2. The molecule has 0 bridgehead atoms. The van der Waals surface area contributed by atoms with Crippen LogP contribution < -0.4 is 14.4 Å². The summed E-state index contributed by atoms with van der Waals surface area (Å²) in [6, 6.07) is 15.0. The summed E-state index contributed by atoms with van der Waals surface area (Å²) in [7, 11) is 8.89. The molecule has 1 aromatic heterocycles. The van der Waals surface area contributed by atoms with Crippen molar-refractivity contribution in [1.82, 2.24) is 0 Å². The van der Waals surface area contributed by atoms with Gasteiger partial charge in [-0.25, -0.2) is 0 Å². The van der Waals surface area contributed by atoms with Crippen LogP contribution in [0.2, 0.25) is 5.02 Å². The second kappa shape index (κ2) is 9.44. The summed E-state index contributed by atoms with van der Waals surface area (Å²) in [5.41, 5.74) is 3.77. The van der Waals surface area contributed by atoms with Crippen LogP contribution in [0.15, 0.2) is 60.4 Å². The Labute approximate surface area is 203 Å². The molecule has 0 N–H and O–H groups in total. The van der Waals surface area contributed by atoms with Crippen LogP contribution in [-0.2, 0) is 6.54 Å². The van der Waals surface area contributed by atoms with Gasteiger partial charge < -0.3 is 0 Å². The Bertz CT molecular complexity index is 1170. The number of allylic oxidation sites excluding steroid dienone is 2. The zero-order valence-corrected chi connectivity index (χ0v) is 22.1. The van der Waals surface area contributed by atoms with E-state index in [9.17, 15) is 0 Å². The molecule has 0 amide bonds. The minimum atomic E-state index is 0.351. The van der Waals surface area contributed by atoms with Gasteiger partial charge in [0.05, 0.1) is 0 Å². The predicted molar refractivity (Wildman–Crippen MR) is 139 cm³/mol. The van der Waals surface area contributed by atoms with Gasteiger partial charge in [-0.3, -0.25) is 0 Å². The number of aryl methyl sites for hydroxylation is 1. The normalized spacial score (nSPS) is 15.5. The molecule has 0 saturated heterocycles. The summed E-state index contributed by atoms with van der Waals surface area (Å²) < 4.78 is 6.30. The van der Waals surface area contributed by atoms with E-state index in [4.69, 9.17) is 11.6 Å². The zero-order chi connectivity index (χ0) is 22.9. The summed E-state index contributed by atoms with van der Waals surface area (Å²) in [6.07, 6.45) is 7.89. The maximum absolute atomic E-state index is 6.33. The topological polar surface area (TPSA) is 10.4 Å². The van der Waals surface area contributed by atoms with Crippen LogP contribution in [0.4, 0.5) is 11.4 Å². The van der Waals surface area contributed by atoms with Crippen molar-refractivity contribution >= 4 is 53.3 Å². The van der Waals surface area contributed by atoms with Crippen molar-refractivity contribution < 1.29 is 9.05 Å². The fourth-order valence-corrected chi connectivity index (χ4v) is 6.84. The summed E-state index contributed by atoms with van der Waals surface area (Å²) in [4.78, 5) is 4.69. The summed E-state index contributed by atoms with van der Waals surface area (Å²) in [5, 5.41) is 0.777. The van der Waals surface area contributed by atoms with Crippen LogP contribution in [0.3, 0.4) is 0 Å². The number of para-hydroxylation sites is 1. The number of quaternary nitrogens is 1. The van der Waals surface area contributed by atoms with Gasteiger partial charge in [0.2, 0.25) is 0 Å². The van der Waals surface area contributed by atoms with E-state index in [2.05, 4.69) is 104 Å². The first-order valence-corrected chi connectivity index (χ1v) is 13.3. The molecule has 2 aromatic carbocycles. The Morgan fingerprint density at radius 3 is 2.62 bits per heavy atom. The van der Waals surface area contributed by atoms with E-state index in [1.54, 1.807) is 0 Å². The first kappa shape index (κ1) is 23.1. The van der Waals surface area contributed by atoms with Crippen molar-refractivity contribution in [1.29, 1.82) is 0 Å². The molecule has 4 nitrogen and oxygen atoms in total. The van der Waals surface area contributed by atoms with E-state index in [0.29, 0.717) is 14.5 Å². The number of aromatic nitrogens is 1. The second-order valence-corrected chi connectivity index (χ2v) is 11.9. The number of benzene rings is 2. The van der Waals surface area contributed by atoms with Gasteiger partial charge in [-0.2, -0.15) is 0 Å². The van der Waals surface area contributed by atoms with E-state index in [-0.39, 0.29) is 0 Å². The SMILES string of the molecule is CC[n+]1c(C=CC=C2N(C)c3cc(Cl)ccc3N2CCC[N+](C)(C)C)[se]c2ccccc21.